The zero-order chi connectivity index (χ0) is 27.6. The third kappa shape index (κ3) is 5.18. The van der Waals surface area contributed by atoms with Crippen LogP contribution in [-0.2, 0) is 9.53 Å². The van der Waals surface area contributed by atoms with E-state index in [2.05, 4.69) is 0 Å². The summed E-state index contributed by atoms with van der Waals surface area (Å²) in [5, 5.41) is 10.6. The summed E-state index contributed by atoms with van der Waals surface area (Å²) in [4.78, 5) is 32.4. The Kier molecular flexibility index (Phi) is 8.50. The predicted octanol–water partition coefficient (Wildman–Crippen LogP) is 4.61. The number of aromatic hydroxyl groups is 1. The molecule has 1 aromatic heterocycles. The molecule has 1 N–H and O–H groups in total. The Morgan fingerprint density at radius 1 is 1.16 bits per heavy atom. The van der Waals surface area contributed by atoms with Crippen LogP contribution in [0.25, 0.3) is 6.08 Å². The van der Waals surface area contributed by atoms with Gasteiger partial charge >= 0.3 is 5.97 Å². The number of hydrogen-bond acceptors (Lipinski definition) is 8. The molecule has 0 saturated carbocycles. The summed E-state index contributed by atoms with van der Waals surface area (Å²) in [6, 6.07) is 7.28. The maximum absolute atomic E-state index is 13.9. The van der Waals surface area contributed by atoms with E-state index in [1.807, 2.05) is 6.92 Å². The molecule has 0 unspecified atom stereocenters. The molecule has 3 aromatic rings. The smallest absolute Gasteiger partial charge is 0.338 e. The van der Waals surface area contributed by atoms with Crippen LogP contribution in [0.2, 0.25) is 10.0 Å². The second kappa shape index (κ2) is 11.6. The molecule has 0 spiro atoms. The Labute approximate surface area is 233 Å². The van der Waals surface area contributed by atoms with E-state index in [1.165, 1.54) is 36.2 Å². The van der Waals surface area contributed by atoms with Crippen molar-refractivity contribution in [3.05, 3.63) is 82.5 Å². The summed E-state index contributed by atoms with van der Waals surface area (Å²) in [5.41, 5.74) is 1.52. The average Bonchev–Trinajstić information content (AvgIpc) is 3.19. The normalized spacial score (nSPS) is 15.2. The first kappa shape index (κ1) is 27.8. The monoisotopic (exact) mass is 576 g/mol. The molecule has 1 atom stereocenters. The summed E-state index contributed by atoms with van der Waals surface area (Å²) in [6.45, 7) is 3.87. The van der Waals surface area contributed by atoms with Crippen molar-refractivity contribution >= 4 is 46.6 Å². The predicted molar refractivity (Wildman–Crippen MR) is 147 cm³/mol. The van der Waals surface area contributed by atoms with Gasteiger partial charge < -0.3 is 19.3 Å². The van der Waals surface area contributed by atoms with E-state index in [0.29, 0.717) is 43.4 Å². The van der Waals surface area contributed by atoms with Gasteiger partial charge in [-0.3, -0.25) is 9.36 Å². The molecule has 2 aromatic carbocycles. The van der Waals surface area contributed by atoms with Crippen molar-refractivity contribution in [2.45, 2.75) is 32.7 Å². The molecule has 0 fully saturated rings. The summed E-state index contributed by atoms with van der Waals surface area (Å²) >= 11 is 13.7. The van der Waals surface area contributed by atoms with Gasteiger partial charge in [-0.05, 0) is 55.3 Å². The van der Waals surface area contributed by atoms with Crippen molar-refractivity contribution in [1.29, 1.82) is 0 Å². The van der Waals surface area contributed by atoms with Crippen molar-refractivity contribution in [3.63, 3.8) is 0 Å². The number of benzene rings is 2. The van der Waals surface area contributed by atoms with Gasteiger partial charge in [0.15, 0.2) is 16.3 Å². The highest BCUT2D eigenvalue weighted by molar-refractivity contribution is 7.07. The van der Waals surface area contributed by atoms with Crippen LogP contribution in [0.1, 0.15) is 43.9 Å². The minimum atomic E-state index is -0.874. The first-order chi connectivity index (χ1) is 18.2. The van der Waals surface area contributed by atoms with Crippen molar-refractivity contribution in [3.8, 4) is 17.2 Å². The van der Waals surface area contributed by atoms with Crippen molar-refractivity contribution in [1.82, 2.24) is 4.57 Å². The lowest BCUT2D eigenvalue weighted by Gasteiger charge is -2.27. The Morgan fingerprint density at radius 3 is 2.55 bits per heavy atom. The van der Waals surface area contributed by atoms with E-state index in [0.717, 1.165) is 6.42 Å². The molecule has 38 heavy (non-hydrogen) atoms. The Balaban J connectivity index is 2.05. The molecule has 0 radical (unpaired) electrons. The Morgan fingerprint density at radius 2 is 1.89 bits per heavy atom. The van der Waals surface area contributed by atoms with Gasteiger partial charge in [-0.1, -0.05) is 47.9 Å². The number of fused-ring (bicyclic) bond motifs is 1. The van der Waals surface area contributed by atoms with Crippen molar-refractivity contribution in [2.24, 2.45) is 4.99 Å². The molecule has 11 heteroatoms. The Bertz CT molecular complexity index is 1610. The number of ether oxygens (including phenoxy) is 3. The number of methoxy groups -OCH3 is 2. The van der Waals surface area contributed by atoms with Crippen LogP contribution in [0.15, 0.2) is 51.4 Å². The van der Waals surface area contributed by atoms with Gasteiger partial charge in [-0.15, -0.1) is 0 Å². The van der Waals surface area contributed by atoms with Crippen LogP contribution >= 0.6 is 34.5 Å². The minimum Gasteiger partial charge on any atom is -0.503 e. The van der Waals surface area contributed by atoms with Crippen LogP contribution in [0.3, 0.4) is 0 Å². The van der Waals surface area contributed by atoms with Gasteiger partial charge in [0, 0.05) is 10.6 Å². The number of phenolic OH excluding ortho intramolecular Hbond substituents is 1. The van der Waals surface area contributed by atoms with E-state index >= 15 is 0 Å². The molecule has 1 aliphatic rings. The molecular formula is C27H26Cl2N2O6S. The standard InChI is InChI=1S/C27H26Cl2N2O6S/c1-5-7-18-22(26(34)37-6-2)23(16-13-15(28)8-9-19(16)35-3)31-25(33)21(38-27(31)30-18)12-14-10-17(29)24(32)20(11-14)36-4/h8-13,23,32H,5-7H2,1-4H3/b21-12+/t23-/m1/s1. The van der Waals surface area contributed by atoms with Gasteiger partial charge in [-0.2, -0.15) is 0 Å². The highest BCUT2D eigenvalue weighted by atomic mass is 35.5. The second-order valence-electron chi connectivity index (χ2n) is 8.35. The van der Waals surface area contributed by atoms with Crippen LogP contribution < -0.4 is 24.4 Å². The molecule has 0 aliphatic carbocycles. The first-order valence-corrected chi connectivity index (χ1v) is 13.4. The van der Waals surface area contributed by atoms with E-state index < -0.39 is 12.0 Å². The summed E-state index contributed by atoms with van der Waals surface area (Å²) in [5.74, 6) is -0.114. The van der Waals surface area contributed by atoms with Crippen LogP contribution in [0.4, 0.5) is 0 Å². The molecule has 4 rings (SSSR count). The SMILES string of the molecule is CCCC1=C(C(=O)OCC)[C@@H](c2cc(Cl)ccc2OC)n2c(s/c(=C/c3cc(Cl)c(O)c(OC)c3)c2=O)=N1. The van der Waals surface area contributed by atoms with Crippen LogP contribution in [0.5, 0.6) is 17.2 Å². The fourth-order valence-corrected chi connectivity index (χ4v) is 5.74. The average molecular weight is 577 g/mol. The molecule has 200 valence electrons. The maximum Gasteiger partial charge on any atom is 0.338 e. The van der Waals surface area contributed by atoms with Crippen LogP contribution in [0, 0.1) is 0 Å². The minimum absolute atomic E-state index is 0.0831. The van der Waals surface area contributed by atoms with Gasteiger partial charge in [-0.25, -0.2) is 9.79 Å². The molecule has 0 bridgehead atoms. The third-order valence-electron chi connectivity index (χ3n) is 5.95. The summed E-state index contributed by atoms with van der Waals surface area (Å²) in [7, 11) is 2.92. The van der Waals surface area contributed by atoms with E-state index in [4.69, 9.17) is 42.4 Å². The fraction of sp³-hybridized carbons (Fsp3) is 0.296. The number of nitrogens with zero attached hydrogens (tertiary/aromatic N) is 2. The lowest BCUT2D eigenvalue weighted by molar-refractivity contribution is -0.139. The van der Waals surface area contributed by atoms with Gasteiger partial charge in [0.25, 0.3) is 5.56 Å². The zero-order valence-electron chi connectivity index (χ0n) is 21.2. The molecule has 1 aliphatic heterocycles. The molecule has 0 amide bonds. The second-order valence-corrected chi connectivity index (χ2v) is 10.2. The third-order valence-corrected chi connectivity index (χ3v) is 7.45. The molecular weight excluding hydrogens is 551 g/mol. The largest absolute Gasteiger partial charge is 0.503 e. The van der Waals surface area contributed by atoms with Crippen LogP contribution in [-0.4, -0.2) is 36.5 Å². The molecule has 2 heterocycles. The number of hydrogen-bond donors (Lipinski definition) is 1. The van der Waals surface area contributed by atoms with Gasteiger partial charge in [0.2, 0.25) is 0 Å². The number of aromatic nitrogens is 1. The van der Waals surface area contributed by atoms with Gasteiger partial charge in [0.05, 0.1) is 41.7 Å². The number of allylic oxidation sites excluding steroid dienone is 1. The highest BCUT2D eigenvalue weighted by Crippen LogP contribution is 2.38. The number of carbonyl (C=O) groups is 1. The lowest BCUT2D eigenvalue weighted by atomic mass is 9.93. The quantitative estimate of drug-likeness (QED) is 0.393. The lowest BCUT2D eigenvalue weighted by Crippen LogP contribution is -2.40. The topological polar surface area (TPSA) is 99.4 Å². The molecule has 8 nitrogen and oxygen atoms in total. The molecule has 0 saturated heterocycles. The highest BCUT2D eigenvalue weighted by Gasteiger charge is 2.36. The van der Waals surface area contributed by atoms with Crippen molar-refractivity contribution in [2.75, 3.05) is 20.8 Å². The zero-order valence-corrected chi connectivity index (χ0v) is 23.5. The number of halogens is 2. The Hall–Kier alpha value is -3.27. The number of carbonyl (C=O) groups excluding carboxylic acids is 1. The summed E-state index contributed by atoms with van der Waals surface area (Å²) < 4.78 is 18.0. The van der Waals surface area contributed by atoms with Gasteiger partial charge in [0.1, 0.15) is 11.8 Å². The number of esters is 1. The fourth-order valence-electron chi connectivity index (χ4n) is 4.32. The first-order valence-electron chi connectivity index (χ1n) is 11.9. The number of thiazole rings is 1. The van der Waals surface area contributed by atoms with E-state index in [-0.39, 0.29) is 34.3 Å². The number of rotatable bonds is 8. The number of phenols is 1. The maximum atomic E-state index is 13.9. The van der Waals surface area contributed by atoms with E-state index in [1.54, 1.807) is 37.3 Å². The van der Waals surface area contributed by atoms with Crippen molar-refractivity contribution < 1.29 is 24.1 Å². The van der Waals surface area contributed by atoms with E-state index in [9.17, 15) is 14.7 Å². The summed E-state index contributed by atoms with van der Waals surface area (Å²) in [6.07, 6.45) is 2.86.